The molecule has 138 valence electrons. The number of hydrogen-bond donors (Lipinski definition) is 1. The zero-order chi connectivity index (χ0) is 18.7. The number of carbonyl (C=O) groups excluding carboxylic acids is 1. The lowest BCUT2D eigenvalue weighted by Crippen LogP contribution is -2.42. The van der Waals surface area contributed by atoms with Crippen molar-refractivity contribution in [3.8, 4) is 5.75 Å². The third-order valence-electron chi connectivity index (χ3n) is 4.21. The molecule has 8 heteroatoms. The lowest BCUT2D eigenvalue weighted by atomic mass is 10.2. The van der Waals surface area contributed by atoms with Gasteiger partial charge in [0, 0.05) is 17.8 Å². The largest absolute Gasteiger partial charge is 0.497 e. The minimum atomic E-state index is -3.85. The zero-order valence-electron chi connectivity index (χ0n) is 14.2. The summed E-state index contributed by atoms with van der Waals surface area (Å²) in [5.41, 5.74) is 0.740. The summed E-state index contributed by atoms with van der Waals surface area (Å²) in [4.78, 5) is 14.1. The fourth-order valence-electron chi connectivity index (χ4n) is 2.89. The van der Waals surface area contributed by atoms with Gasteiger partial charge in [-0.1, -0.05) is 18.2 Å². The van der Waals surface area contributed by atoms with E-state index in [2.05, 4.69) is 4.72 Å². The van der Waals surface area contributed by atoms with Crippen molar-refractivity contribution in [2.45, 2.75) is 18.2 Å². The second-order valence-electron chi connectivity index (χ2n) is 6.00. The zero-order valence-corrected chi connectivity index (χ0v) is 15.0. The average Bonchev–Trinajstić information content (AvgIpc) is 2.97. The Kier molecular flexibility index (Phi) is 5.24. The van der Waals surface area contributed by atoms with Gasteiger partial charge in [0.25, 0.3) is 0 Å². The molecule has 1 fully saturated rings. The number of methoxy groups -OCH3 is 1. The number of halogens is 1. The molecule has 6 nitrogen and oxygen atoms in total. The van der Waals surface area contributed by atoms with Crippen LogP contribution >= 0.6 is 0 Å². The summed E-state index contributed by atoms with van der Waals surface area (Å²) in [6.45, 7) is 0.401. The van der Waals surface area contributed by atoms with Gasteiger partial charge in [-0.15, -0.1) is 0 Å². The van der Waals surface area contributed by atoms with E-state index in [9.17, 15) is 17.6 Å². The van der Waals surface area contributed by atoms with E-state index in [0.29, 0.717) is 24.4 Å². The summed E-state index contributed by atoms with van der Waals surface area (Å²) >= 11 is 0. The van der Waals surface area contributed by atoms with E-state index in [4.69, 9.17) is 4.74 Å². The van der Waals surface area contributed by atoms with Crippen LogP contribution in [-0.2, 0) is 20.6 Å². The highest BCUT2D eigenvalue weighted by molar-refractivity contribution is 7.88. The van der Waals surface area contributed by atoms with Gasteiger partial charge in [0.15, 0.2) is 0 Å². The molecular weight excluding hydrogens is 359 g/mol. The third kappa shape index (κ3) is 4.03. The highest BCUT2D eigenvalue weighted by Crippen LogP contribution is 2.24. The average molecular weight is 378 g/mol. The van der Waals surface area contributed by atoms with E-state index in [1.54, 1.807) is 37.4 Å². The molecule has 0 radical (unpaired) electrons. The molecule has 0 aromatic heterocycles. The summed E-state index contributed by atoms with van der Waals surface area (Å²) in [6.07, 6.45) is 0.349. The molecular formula is C18H19FN2O4S. The van der Waals surface area contributed by atoms with E-state index < -0.39 is 27.6 Å². The van der Waals surface area contributed by atoms with Crippen LogP contribution in [0.2, 0.25) is 0 Å². The highest BCUT2D eigenvalue weighted by Gasteiger charge is 2.35. The summed E-state index contributed by atoms with van der Waals surface area (Å²) in [6, 6.07) is 11.8. The predicted octanol–water partition coefficient (Wildman–Crippen LogP) is 2.06. The van der Waals surface area contributed by atoms with Gasteiger partial charge in [0.1, 0.15) is 17.6 Å². The maximum absolute atomic E-state index is 13.7. The van der Waals surface area contributed by atoms with Crippen molar-refractivity contribution in [2.75, 3.05) is 18.6 Å². The van der Waals surface area contributed by atoms with E-state index >= 15 is 0 Å². The SMILES string of the molecule is COc1ccc(N2CCC(NS(=O)(=O)Cc3ccccc3F)C2=O)cc1. The second-order valence-corrected chi connectivity index (χ2v) is 7.75. The molecule has 1 amide bonds. The van der Waals surface area contributed by atoms with E-state index in [1.165, 1.54) is 23.1 Å². The van der Waals surface area contributed by atoms with E-state index in [0.717, 1.165) is 0 Å². The quantitative estimate of drug-likeness (QED) is 0.835. The van der Waals surface area contributed by atoms with Gasteiger partial charge in [-0.05, 0) is 36.8 Å². The number of benzene rings is 2. The van der Waals surface area contributed by atoms with Crippen LogP contribution < -0.4 is 14.4 Å². The lowest BCUT2D eigenvalue weighted by molar-refractivity contribution is -0.118. The van der Waals surface area contributed by atoms with E-state index in [-0.39, 0.29) is 11.5 Å². The fraction of sp³-hybridized carbons (Fsp3) is 0.278. The van der Waals surface area contributed by atoms with Gasteiger partial charge >= 0.3 is 0 Å². The molecule has 26 heavy (non-hydrogen) atoms. The number of nitrogens with one attached hydrogen (secondary N) is 1. The van der Waals surface area contributed by atoms with Gasteiger partial charge in [0.05, 0.1) is 12.9 Å². The van der Waals surface area contributed by atoms with Crippen LogP contribution in [0, 0.1) is 5.82 Å². The van der Waals surface area contributed by atoms with Crippen molar-refractivity contribution in [3.05, 3.63) is 59.9 Å². The van der Waals surface area contributed by atoms with Crippen LogP contribution in [0.15, 0.2) is 48.5 Å². The Morgan fingerprint density at radius 1 is 1.19 bits per heavy atom. The monoisotopic (exact) mass is 378 g/mol. The first-order valence-electron chi connectivity index (χ1n) is 8.08. The molecule has 1 saturated heterocycles. The second kappa shape index (κ2) is 7.43. The number of hydrogen-bond acceptors (Lipinski definition) is 4. The number of rotatable bonds is 6. The van der Waals surface area contributed by atoms with Crippen molar-refractivity contribution in [1.82, 2.24) is 4.72 Å². The molecule has 3 rings (SSSR count). The topological polar surface area (TPSA) is 75.7 Å². The number of carbonyl (C=O) groups is 1. The summed E-state index contributed by atoms with van der Waals surface area (Å²) in [5, 5.41) is 0. The highest BCUT2D eigenvalue weighted by atomic mass is 32.2. The third-order valence-corrected chi connectivity index (χ3v) is 5.55. The smallest absolute Gasteiger partial charge is 0.245 e. The molecule has 1 atom stereocenters. The molecule has 1 aliphatic heterocycles. The van der Waals surface area contributed by atoms with Gasteiger partial charge in [-0.3, -0.25) is 4.79 Å². The van der Waals surface area contributed by atoms with Crippen molar-refractivity contribution >= 4 is 21.6 Å². The Balaban J connectivity index is 1.68. The van der Waals surface area contributed by atoms with E-state index in [1.807, 2.05) is 0 Å². The van der Waals surface area contributed by atoms with Crippen molar-refractivity contribution in [3.63, 3.8) is 0 Å². The summed E-state index contributed by atoms with van der Waals surface area (Å²) in [7, 11) is -2.30. The first-order chi connectivity index (χ1) is 12.4. The normalized spacial score (nSPS) is 17.5. The number of amides is 1. The van der Waals surface area contributed by atoms with Crippen LogP contribution in [0.5, 0.6) is 5.75 Å². The molecule has 2 aromatic carbocycles. The molecule has 1 N–H and O–H groups in total. The van der Waals surface area contributed by atoms with Gasteiger partial charge < -0.3 is 9.64 Å². The number of sulfonamides is 1. The van der Waals surface area contributed by atoms with Crippen LogP contribution in [0.3, 0.4) is 0 Å². The summed E-state index contributed by atoms with van der Waals surface area (Å²) < 4.78 is 45.8. The van der Waals surface area contributed by atoms with Crippen LogP contribution in [0.1, 0.15) is 12.0 Å². The Labute approximate surface area is 151 Å². The molecule has 1 heterocycles. The Morgan fingerprint density at radius 2 is 1.88 bits per heavy atom. The molecule has 2 aromatic rings. The molecule has 1 unspecified atom stereocenters. The first kappa shape index (κ1) is 18.3. The molecule has 0 aliphatic carbocycles. The molecule has 0 saturated carbocycles. The number of nitrogens with zero attached hydrogens (tertiary/aromatic N) is 1. The van der Waals surface area contributed by atoms with Gasteiger partial charge in [-0.2, -0.15) is 0 Å². The molecule has 1 aliphatic rings. The first-order valence-corrected chi connectivity index (χ1v) is 9.74. The van der Waals surface area contributed by atoms with Crippen LogP contribution in [-0.4, -0.2) is 34.0 Å². The van der Waals surface area contributed by atoms with Crippen LogP contribution in [0.25, 0.3) is 0 Å². The van der Waals surface area contributed by atoms with Gasteiger partial charge in [-0.25, -0.2) is 17.5 Å². The summed E-state index contributed by atoms with van der Waals surface area (Å²) in [5.74, 6) is -0.753. The predicted molar refractivity (Wildman–Crippen MR) is 95.9 cm³/mol. The minimum Gasteiger partial charge on any atom is -0.497 e. The molecule has 0 bridgehead atoms. The Bertz CT molecular complexity index is 900. The maximum Gasteiger partial charge on any atom is 0.245 e. The van der Waals surface area contributed by atoms with Crippen molar-refractivity contribution in [2.24, 2.45) is 0 Å². The van der Waals surface area contributed by atoms with Gasteiger partial charge in [0.2, 0.25) is 15.9 Å². The van der Waals surface area contributed by atoms with Crippen LogP contribution in [0.4, 0.5) is 10.1 Å². The standard InChI is InChI=1S/C18H19FN2O4S/c1-25-15-8-6-14(7-9-15)21-11-10-17(18(21)22)20-26(23,24)12-13-4-2-3-5-16(13)19/h2-9,17,20H,10-12H2,1H3. The molecule has 0 spiro atoms. The number of ether oxygens (including phenoxy) is 1. The Morgan fingerprint density at radius 3 is 2.54 bits per heavy atom. The van der Waals surface area contributed by atoms with Crippen molar-refractivity contribution in [1.29, 1.82) is 0 Å². The lowest BCUT2D eigenvalue weighted by Gasteiger charge is -2.17. The number of anilines is 1. The minimum absolute atomic E-state index is 0.0671. The Hall–Kier alpha value is -2.45. The fourth-order valence-corrected chi connectivity index (χ4v) is 4.27. The van der Waals surface area contributed by atoms with Crippen molar-refractivity contribution < 1.29 is 22.3 Å². The maximum atomic E-state index is 13.7.